The van der Waals surface area contributed by atoms with E-state index in [1.54, 1.807) is 0 Å². The first-order valence-corrected chi connectivity index (χ1v) is 7.53. The fraction of sp³-hybridized carbons (Fsp3) is 0.769. The second-order valence-electron chi connectivity index (χ2n) is 4.82. The lowest BCUT2D eigenvalue weighted by Crippen LogP contribution is -2.32. The van der Waals surface area contributed by atoms with Crippen LogP contribution < -0.4 is 5.32 Å². The van der Waals surface area contributed by atoms with Crippen LogP contribution in [0.25, 0.3) is 0 Å². The van der Waals surface area contributed by atoms with Crippen LogP contribution in [0.15, 0.2) is 10.7 Å². The number of nitrogens with zero attached hydrogens (tertiary/aromatic N) is 2. The summed E-state index contributed by atoms with van der Waals surface area (Å²) in [7, 11) is 2.04. The molecule has 1 saturated heterocycles. The van der Waals surface area contributed by atoms with Crippen LogP contribution in [0, 0.1) is 5.92 Å². The highest BCUT2D eigenvalue weighted by Crippen LogP contribution is 2.33. The van der Waals surface area contributed by atoms with Crippen molar-refractivity contribution in [3.8, 4) is 0 Å². The molecule has 1 N–H and O–H groups in total. The minimum absolute atomic E-state index is 0.359. The van der Waals surface area contributed by atoms with E-state index in [4.69, 9.17) is 4.74 Å². The summed E-state index contributed by atoms with van der Waals surface area (Å²) < 4.78 is 8.70. The summed E-state index contributed by atoms with van der Waals surface area (Å²) in [4.78, 5) is 0. The van der Waals surface area contributed by atoms with E-state index in [0.29, 0.717) is 12.0 Å². The van der Waals surface area contributed by atoms with E-state index in [1.807, 2.05) is 13.2 Å². The summed E-state index contributed by atoms with van der Waals surface area (Å²) in [6.07, 6.45) is 5.25. The zero-order chi connectivity index (χ0) is 13.0. The van der Waals surface area contributed by atoms with Crippen molar-refractivity contribution in [3.63, 3.8) is 0 Å². The third-order valence-corrected chi connectivity index (χ3v) is 4.22. The Hall–Kier alpha value is -0.390. The summed E-state index contributed by atoms with van der Waals surface area (Å²) in [5.41, 5.74) is 1.28. The highest BCUT2D eigenvalue weighted by Gasteiger charge is 2.28. The third-order valence-electron chi connectivity index (χ3n) is 3.61. The molecule has 2 rings (SSSR count). The van der Waals surface area contributed by atoms with Gasteiger partial charge in [-0.25, -0.2) is 0 Å². The first-order valence-electron chi connectivity index (χ1n) is 6.74. The largest absolute Gasteiger partial charge is 0.381 e. The van der Waals surface area contributed by atoms with Gasteiger partial charge in [-0.15, -0.1) is 0 Å². The van der Waals surface area contributed by atoms with Crippen LogP contribution in [-0.4, -0.2) is 30.0 Å². The van der Waals surface area contributed by atoms with Crippen molar-refractivity contribution in [2.45, 2.75) is 38.8 Å². The molecule has 1 aromatic rings. The first kappa shape index (κ1) is 14.0. The van der Waals surface area contributed by atoms with Gasteiger partial charge in [0.15, 0.2) is 0 Å². The van der Waals surface area contributed by atoms with Crippen LogP contribution in [-0.2, 0) is 11.3 Å². The zero-order valence-corrected chi connectivity index (χ0v) is 12.7. The van der Waals surface area contributed by atoms with Gasteiger partial charge in [0.1, 0.15) is 0 Å². The van der Waals surface area contributed by atoms with Crippen LogP contribution in [0.5, 0.6) is 0 Å². The molecule has 0 spiro atoms. The summed E-state index contributed by atoms with van der Waals surface area (Å²) in [6.45, 7) is 4.91. The molecular weight excluding hydrogens is 294 g/mol. The van der Waals surface area contributed by atoms with E-state index < -0.39 is 0 Å². The van der Waals surface area contributed by atoms with Crippen molar-refractivity contribution in [1.82, 2.24) is 15.1 Å². The molecule has 1 atom stereocenters. The third kappa shape index (κ3) is 2.95. The monoisotopic (exact) mass is 315 g/mol. The molecule has 4 nitrogen and oxygen atoms in total. The number of nitrogens with one attached hydrogen (secondary N) is 1. The molecule has 2 heterocycles. The van der Waals surface area contributed by atoms with Gasteiger partial charge in [0.25, 0.3) is 0 Å². The molecule has 102 valence electrons. The fourth-order valence-electron chi connectivity index (χ4n) is 2.72. The van der Waals surface area contributed by atoms with Gasteiger partial charge < -0.3 is 10.1 Å². The predicted molar refractivity (Wildman–Crippen MR) is 75.6 cm³/mol. The Morgan fingerprint density at radius 3 is 2.89 bits per heavy atom. The van der Waals surface area contributed by atoms with Gasteiger partial charge in [0.05, 0.1) is 22.4 Å². The maximum absolute atomic E-state index is 5.46. The zero-order valence-electron chi connectivity index (χ0n) is 11.2. The van der Waals surface area contributed by atoms with Crippen LogP contribution in [0.3, 0.4) is 0 Å². The number of halogens is 1. The molecule has 1 aliphatic heterocycles. The van der Waals surface area contributed by atoms with E-state index in [-0.39, 0.29) is 0 Å². The van der Waals surface area contributed by atoms with Gasteiger partial charge in [-0.1, -0.05) is 6.92 Å². The maximum atomic E-state index is 5.46. The number of aryl methyl sites for hydroxylation is 1. The van der Waals surface area contributed by atoms with E-state index in [9.17, 15) is 0 Å². The second-order valence-corrected chi connectivity index (χ2v) is 5.67. The lowest BCUT2D eigenvalue weighted by molar-refractivity contribution is 0.0534. The van der Waals surface area contributed by atoms with E-state index >= 15 is 0 Å². The van der Waals surface area contributed by atoms with Crippen LogP contribution >= 0.6 is 15.9 Å². The quantitative estimate of drug-likeness (QED) is 0.908. The average Bonchev–Trinajstić information content (AvgIpc) is 2.75. The number of ether oxygens (including phenoxy) is 1. The molecule has 0 aromatic carbocycles. The van der Waals surface area contributed by atoms with E-state index in [1.165, 1.54) is 5.69 Å². The second kappa shape index (κ2) is 6.68. The molecule has 18 heavy (non-hydrogen) atoms. The van der Waals surface area contributed by atoms with Crippen LogP contribution in [0.2, 0.25) is 0 Å². The fourth-order valence-corrected chi connectivity index (χ4v) is 3.26. The molecule has 0 radical (unpaired) electrons. The number of rotatable bonds is 5. The van der Waals surface area contributed by atoms with E-state index in [2.05, 4.69) is 38.0 Å². The molecule has 0 aliphatic carbocycles. The molecular formula is C13H22BrN3O. The van der Waals surface area contributed by atoms with Gasteiger partial charge in [-0.3, -0.25) is 4.68 Å². The van der Waals surface area contributed by atoms with Gasteiger partial charge in [-0.05, 0) is 48.2 Å². The molecule has 1 unspecified atom stereocenters. The molecule has 0 saturated carbocycles. The minimum Gasteiger partial charge on any atom is -0.381 e. The standard InChI is InChI=1S/C13H22BrN3O/c1-3-6-17-13(11(14)9-16-17)12(15-2)10-4-7-18-8-5-10/h9-10,12,15H,3-8H2,1-2H3. The van der Waals surface area contributed by atoms with Crippen molar-refractivity contribution >= 4 is 15.9 Å². The Morgan fingerprint density at radius 1 is 1.56 bits per heavy atom. The van der Waals surface area contributed by atoms with Crippen molar-refractivity contribution in [2.75, 3.05) is 20.3 Å². The topological polar surface area (TPSA) is 39.1 Å². The Labute approximate surface area is 117 Å². The Bertz CT molecular complexity index is 374. The van der Waals surface area contributed by atoms with Crippen LogP contribution in [0.4, 0.5) is 0 Å². The van der Waals surface area contributed by atoms with Crippen molar-refractivity contribution in [3.05, 3.63) is 16.4 Å². The maximum Gasteiger partial charge on any atom is 0.0698 e. The van der Waals surface area contributed by atoms with Gasteiger partial charge in [-0.2, -0.15) is 5.10 Å². The SMILES string of the molecule is CCCn1ncc(Br)c1C(NC)C1CCOCC1. The molecule has 1 fully saturated rings. The summed E-state index contributed by atoms with van der Waals surface area (Å²) in [6, 6.07) is 0.359. The van der Waals surface area contributed by atoms with Crippen molar-refractivity contribution in [2.24, 2.45) is 5.92 Å². The smallest absolute Gasteiger partial charge is 0.0698 e. The van der Waals surface area contributed by atoms with E-state index in [0.717, 1.165) is 43.5 Å². The summed E-state index contributed by atoms with van der Waals surface area (Å²) >= 11 is 3.64. The summed E-state index contributed by atoms with van der Waals surface area (Å²) in [5.74, 6) is 0.632. The van der Waals surface area contributed by atoms with Crippen LogP contribution in [0.1, 0.15) is 37.9 Å². The highest BCUT2D eigenvalue weighted by atomic mass is 79.9. The van der Waals surface area contributed by atoms with Crippen molar-refractivity contribution < 1.29 is 4.74 Å². The van der Waals surface area contributed by atoms with Gasteiger partial charge >= 0.3 is 0 Å². The predicted octanol–water partition coefficient (Wildman–Crippen LogP) is 2.74. The Balaban J connectivity index is 2.22. The Kier molecular flexibility index (Phi) is 5.21. The summed E-state index contributed by atoms with van der Waals surface area (Å²) in [5, 5.41) is 7.94. The lowest BCUT2D eigenvalue weighted by Gasteiger charge is -2.30. The normalized spacial score (nSPS) is 19.1. The molecule has 5 heteroatoms. The molecule has 1 aromatic heterocycles. The van der Waals surface area contributed by atoms with Gasteiger partial charge in [0, 0.05) is 19.8 Å². The first-order chi connectivity index (χ1) is 8.77. The number of hydrogen-bond acceptors (Lipinski definition) is 3. The highest BCUT2D eigenvalue weighted by molar-refractivity contribution is 9.10. The minimum atomic E-state index is 0.359. The molecule has 0 amide bonds. The Morgan fingerprint density at radius 2 is 2.28 bits per heavy atom. The van der Waals surface area contributed by atoms with Gasteiger partial charge in [0.2, 0.25) is 0 Å². The van der Waals surface area contributed by atoms with Crippen molar-refractivity contribution in [1.29, 1.82) is 0 Å². The number of aromatic nitrogens is 2. The average molecular weight is 316 g/mol. The lowest BCUT2D eigenvalue weighted by atomic mass is 9.89. The molecule has 0 bridgehead atoms. The molecule has 1 aliphatic rings. The number of hydrogen-bond donors (Lipinski definition) is 1.